The second kappa shape index (κ2) is 11.7. The van der Waals surface area contributed by atoms with Crippen molar-refractivity contribution in [2.24, 2.45) is 13.0 Å². The molecule has 2 N–H and O–H groups in total. The van der Waals surface area contributed by atoms with Gasteiger partial charge in [-0.3, -0.25) is 9.88 Å². The Morgan fingerprint density at radius 1 is 1.18 bits per heavy atom. The summed E-state index contributed by atoms with van der Waals surface area (Å²) in [6.45, 7) is 1.21. The van der Waals surface area contributed by atoms with E-state index >= 15 is 0 Å². The number of ether oxygens (including phenoxy) is 2. The number of esters is 1. The molecule has 1 saturated heterocycles. The van der Waals surface area contributed by atoms with Gasteiger partial charge in [-0.1, -0.05) is 12.1 Å². The van der Waals surface area contributed by atoms with Gasteiger partial charge in [-0.2, -0.15) is 0 Å². The summed E-state index contributed by atoms with van der Waals surface area (Å²) in [6.07, 6.45) is 8.32. The van der Waals surface area contributed by atoms with E-state index in [1.807, 2.05) is 7.11 Å². The number of benzene rings is 1. The maximum absolute atomic E-state index is 12.5. The first-order chi connectivity index (χ1) is 18.6. The van der Waals surface area contributed by atoms with Gasteiger partial charge in [-0.15, -0.1) is 0 Å². The zero-order valence-corrected chi connectivity index (χ0v) is 23.4. The molecule has 0 spiro atoms. The lowest BCUT2D eigenvalue weighted by Gasteiger charge is -2.53. The molecule has 1 aromatic carbocycles. The van der Waals surface area contributed by atoms with E-state index in [1.165, 1.54) is 28.2 Å². The lowest BCUT2D eigenvalue weighted by Crippen LogP contribution is -2.59. The minimum atomic E-state index is -1.26. The van der Waals surface area contributed by atoms with Gasteiger partial charge in [0.15, 0.2) is 0 Å². The fourth-order valence-corrected chi connectivity index (χ4v) is 6.13. The minimum Gasteiger partial charge on any atom is -0.478 e. The average Bonchev–Trinajstić information content (AvgIpc) is 3.23. The minimum absolute atomic E-state index is 0.172. The van der Waals surface area contributed by atoms with Crippen LogP contribution in [0.5, 0.6) is 0 Å². The summed E-state index contributed by atoms with van der Waals surface area (Å²) in [5.41, 5.74) is 3.90. The number of fused-ring (bicyclic) bond motifs is 2. The lowest BCUT2D eigenvalue weighted by atomic mass is 9.69. The van der Waals surface area contributed by atoms with E-state index in [9.17, 15) is 14.4 Å². The number of carbonyl (C=O) groups is 3. The van der Waals surface area contributed by atoms with Crippen LogP contribution in [0.2, 0.25) is 0 Å². The van der Waals surface area contributed by atoms with Gasteiger partial charge in [0.05, 0.1) is 12.2 Å². The van der Waals surface area contributed by atoms with Crippen LogP contribution in [-0.4, -0.2) is 75.9 Å². The summed E-state index contributed by atoms with van der Waals surface area (Å²) in [5.74, 6) is -2.69. The van der Waals surface area contributed by atoms with Crippen molar-refractivity contribution in [1.82, 2.24) is 14.5 Å². The Morgan fingerprint density at radius 2 is 1.90 bits per heavy atom. The molecule has 3 atom stereocenters. The highest BCUT2D eigenvalue weighted by Gasteiger charge is 2.51. The summed E-state index contributed by atoms with van der Waals surface area (Å²) < 4.78 is 15.0. The van der Waals surface area contributed by atoms with Gasteiger partial charge in [0, 0.05) is 78.8 Å². The maximum Gasteiger partial charge on any atom is 0.339 e. The van der Waals surface area contributed by atoms with Gasteiger partial charge in [-0.05, 0) is 59.1 Å². The molecule has 3 aromatic rings. The van der Waals surface area contributed by atoms with Crippen molar-refractivity contribution >= 4 is 44.7 Å². The van der Waals surface area contributed by atoms with E-state index in [0.717, 1.165) is 23.9 Å². The van der Waals surface area contributed by atoms with E-state index < -0.39 is 17.5 Å². The highest BCUT2D eigenvalue weighted by atomic mass is 79.9. The van der Waals surface area contributed by atoms with E-state index in [4.69, 9.17) is 19.7 Å². The van der Waals surface area contributed by atoms with Gasteiger partial charge < -0.3 is 24.3 Å². The van der Waals surface area contributed by atoms with Crippen LogP contribution >= 0.6 is 15.9 Å². The van der Waals surface area contributed by atoms with Crippen molar-refractivity contribution in [3.8, 4) is 0 Å². The Balaban J connectivity index is 0.000000386. The van der Waals surface area contributed by atoms with E-state index in [0.29, 0.717) is 24.3 Å². The number of piperidine rings is 1. The number of pyridine rings is 1. The van der Waals surface area contributed by atoms with Crippen molar-refractivity contribution in [2.45, 2.75) is 24.5 Å². The third-order valence-corrected chi connectivity index (χ3v) is 7.73. The summed E-state index contributed by atoms with van der Waals surface area (Å²) in [6, 6.07) is 8.47. The monoisotopic (exact) mass is 599 g/mol. The molecule has 11 heteroatoms. The number of hydrogen-bond acceptors (Lipinski definition) is 7. The van der Waals surface area contributed by atoms with E-state index in [1.54, 1.807) is 12.3 Å². The molecule has 0 amide bonds. The topological polar surface area (TPSA) is 131 Å². The molecule has 2 aromatic heterocycles. The third-order valence-electron chi connectivity index (χ3n) is 7.29. The molecular weight excluding hydrogens is 570 g/mol. The second-order valence-electron chi connectivity index (χ2n) is 9.79. The number of rotatable bonds is 6. The molecule has 0 saturated carbocycles. The molecule has 10 nitrogen and oxygen atoms in total. The number of likely N-dealkylation sites (N-methyl/N-ethyl adjacent to an activating group) is 1. The van der Waals surface area contributed by atoms with Crippen LogP contribution in [0.1, 0.15) is 27.9 Å². The molecule has 1 fully saturated rings. The lowest BCUT2D eigenvalue weighted by molar-refractivity contribution is -0.134. The predicted octanol–water partition coefficient (Wildman–Crippen LogP) is 3.62. The Labute approximate surface area is 234 Å². The van der Waals surface area contributed by atoms with Gasteiger partial charge in [0.1, 0.15) is 5.60 Å². The van der Waals surface area contributed by atoms with E-state index in [2.05, 4.69) is 68.9 Å². The molecule has 0 bridgehead atoms. The molecule has 2 aliphatic rings. The van der Waals surface area contributed by atoms with Crippen molar-refractivity contribution < 1.29 is 34.1 Å². The van der Waals surface area contributed by atoms with Crippen LogP contribution in [0.3, 0.4) is 0 Å². The van der Waals surface area contributed by atoms with Gasteiger partial charge in [-0.25, -0.2) is 14.4 Å². The molecule has 1 aliphatic heterocycles. The number of methoxy groups -OCH3 is 1. The Bertz CT molecular complexity index is 1420. The highest BCUT2D eigenvalue weighted by Crippen LogP contribution is 2.49. The average molecular weight is 600 g/mol. The van der Waals surface area contributed by atoms with Crippen molar-refractivity contribution in [3.05, 3.63) is 76.2 Å². The zero-order chi connectivity index (χ0) is 28.3. The number of carbonyl (C=O) groups excluding carboxylic acids is 1. The molecule has 0 radical (unpaired) electrons. The van der Waals surface area contributed by atoms with Crippen LogP contribution in [0.25, 0.3) is 10.9 Å². The molecule has 3 heterocycles. The standard InChI is InChI=1S/C24H26BrN3O3.C4H4O4/c1-27-13-17-8-21-24(30-3,19-5-4-6-20(27)22(17)19)9-15(12-28(21)2)14-31-23(29)16-7-18(25)11-26-10-16;5-3(6)1-2-4(7)8/h4-7,10-11,13,15,21H,8-9,12,14H2,1-3H3;1-2H,(H,5,6)(H,7,8)/b;2-1-/t15-,21-,24+;/m1./s1. The van der Waals surface area contributed by atoms with Gasteiger partial charge in [0.2, 0.25) is 0 Å². The number of halogens is 1. The van der Waals surface area contributed by atoms with E-state index in [-0.39, 0.29) is 17.9 Å². The number of aromatic nitrogens is 2. The van der Waals surface area contributed by atoms with Crippen molar-refractivity contribution in [2.75, 3.05) is 27.3 Å². The smallest absolute Gasteiger partial charge is 0.339 e. The summed E-state index contributed by atoms with van der Waals surface area (Å²) in [7, 11) is 6.07. The quantitative estimate of drug-likeness (QED) is 0.322. The Kier molecular flexibility index (Phi) is 8.53. The number of nitrogens with zero attached hydrogens (tertiary/aromatic N) is 3. The SMILES string of the molecule is CO[C@]12C[C@@H](COC(=O)c3cncc(Br)c3)CN(C)[C@@H]1Cc1cn(C)c3cccc2c13.O=C(O)/C=C\C(=O)O. The van der Waals surface area contributed by atoms with Crippen molar-refractivity contribution in [1.29, 1.82) is 0 Å². The largest absolute Gasteiger partial charge is 0.478 e. The normalized spacial score (nSPS) is 22.2. The number of aryl methyl sites for hydroxylation is 1. The highest BCUT2D eigenvalue weighted by molar-refractivity contribution is 9.10. The van der Waals surface area contributed by atoms with Gasteiger partial charge >= 0.3 is 17.9 Å². The molecule has 39 heavy (non-hydrogen) atoms. The molecule has 1 aliphatic carbocycles. The van der Waals surface area contributed by atoms with Gasteiger partial charge in [0.25, 0.3) is 0 Å². The first-order valence-electron chi connectivity index (χ1n) is 12.3. The number of aliphatic carboxylic acids is 2. The zero-order valence-electron chi connectivity index (χ0n) is 21.8. The first kappa shape index (κ1) is 28.5. The Hall–Kier alpha value is -3.54. The Morgan fingerprint density at radius 3 is 2.54 bits per heavy atom. The molecular formula is C28H30BrN3O7. The third kappa shape index (κ3) is 5.90. The first-order valence-corrected chi connectivity index (χ1v) is 13.1. The van der Waals surface area contributed by atoms with Crippen LogP contribution in [-0.2, 0) is 38.1 Å². The summed E-state index contributed by atoms with van der Waals surface area (Å²) in [5, 5.41) is 16.9. The number of likely N-dealkylation sites (tertiary alicyclic amines) is 1. The molecule has 206 valence electrons. The fourth-order valence-electron chi connectivity index (χ4n) is 5.77. The van der Waals surface area contributed by atoms with Crippen molar-refractivity contribution in [3.63, 3.8) is 0 Å². The summed E-state index contributed by atoms with van der Waals surface area (Å²) in [4.78, 5) is 38.1. The number of carboxylic acid groups (broad SMARTS) is 2. The van der Waals surface area contributed by atoms with Crippen LogP contribution in [0.15, 0.2) is 59.5 Å². The number of carboxylic acids is 2. The second-order valence-corrected chi connectivity index (χ2v) is 10.7. The van der Waals surface area contributed by atoms with Crippen LogP contribution in [0.4, 0.5) is 0 Å². The fraction of sp³-hybridized carbons (Fsp3) is 0.357. The van der Waals surface area contributed by atoms with Crippen LogP contribution in [0, 0.1) is 5.92 Å². The molecule has 0 unspecified atom stereocenters. The molecule has 5 rings (SSSR count). The van der Waals surface area contributed by atoms with Crippen LogP contribution < -0.4 is 0 Å². The predicted molar refractivity (Wildman–Crippen MR) is 146 cm³/mol. The summed E-state index contributed by atoms with van der Waals surface area (Å²) >= 11 is 3.35. The maximum atomic E-state index is 12.5. The number of hydrogen-bond donors (Lipinski definition) is 2.